The quantitative estimate of drug-likeness (QED) is 0.354. The zero-order valence-electron chi connectivity index (χ0n) is 14.7. The standard InChI is InChI=1S/C15H21N3O6S/c1-6-10(19)24-18-11(12(20)22-7-2)9-8-25-13(16-9)17-14(21)23-15(3,4)5/h8H,6-7H2,1-5H3,(H,16,17,21). The molecule has 1 N–H and O–H groups in total. The van der Waals surface area contributed by atoms with E-state index in [9.17, 15) is 14.4 Å². The number of esters is 1. The highest BCUT2D eigenvalue weighted by atomic mass is 32.1. The number of ether oxygens (including phenoxy) is 2. The number of aromatic nitrogens is 1. The van der Waals surface area contributed by atoms with E-state index in [1.54, 1.807) is 34.6 Å². The number of hydrogen-bond donors (Lipinski definition) is 1. The molecule has 0 unspecified atom stereocenters. The molecule has 25 heavy (non-hydrogen) atoms. The Hall–Kier alpha value is -2.49. The van der Waals surface area contributed by atoms with Crippen LogP contribution in [0.1, 0.15) is 46.7 Å². The predicted octanol–water partition coefficient (Wildman–Crippen LogP) is 2.71. The summed E-state index contributed by atoms with van der Waals surface area (Å²) < 4.78 is 9.99. The molecule has 1 amide bonds. The van der Waals surface area contributed by atoms with Crippen LogP contribution in [-0.4, -0.2) is 40.9 Å². The van der Waals surface area contributed by atoms with Gasteiger partial charge in [-0.1, -0.05) is 12.1 Å². The van der Waals surface area contributed by atoms with Gasteiger partial charge in [0.2, 0.25) is 5.71 Å². The van der Waals surface area contributed by atoms with Gasteiger partial charge in [-0.3, -0.25) is 5.32 Å². The molecule has 0 spiro atoms. The molecular weight excluding hydrogens is 350 g/mol. The molecule has 0 saturated heterocycles. The molecular formula is C15H21N3O6S. The Morgan fingerprint density at radius 3 is 2.52 bits per heavy atom. The third-order valence-electron chi connectivity index (χ3n) is 2.35. The number of hydrogen-bond acceptors (Lipinski definition) is 9. The van der Waals surface area contributed by atoms with E-state index in [-0.39, 0.29) is 29.6 Å². The number of thiazole rings is 1. The lowest BCUT2D eigenvalue weighted by atomic mass is 10.2. The number of rotatable bonds is 6. The molecule has 0 radical (unpaired) electrons. The predicted molar refractivity (Wildman–Crippen MR) is 91.5 cm³/mol. The van der Waals surface area contributed by atoms with Crippen LogP contribution < -0.4 is 5.32 Å². The Kier molecular flexibility index (Phi) is 7.49. The molecule has 0 atom stereocenters. The maximum Gasteiger partial charge on any atom is 0.413 e. The van der Waals surface area contributed by atoms with Crippen molar-refractivity contribution in [1.29, 1.82) is 0 Å². The first kappa shape index (κ1) is 20.6. The van der Waals surface area contributed by atoms with Gasteiger partial charge >= 0.3 is 18.0 Å². The Balaban J connectivity index is 2.93. The summed E-state index contributed by atoms with van der Waals surface area (Å²) in [6.45, 7) is 8.53. The molecule has 1 aromatic heterocycles. The monoisotopic (exact) mass is 371 g/mol. The normalized spacial score (nSPS) is 11.6. The fraction of sp³-hybridized carbons (Fsp3) is 0.533. The Bertz CT molecular complexity index is 662. The molecule has 0 bridgehead atoms. The molecule has 1 aromatic rings. The van der Waals surface area contributed by atoms with E-state index in [0.717, 1.165) is 11.3 Å². The first-order valence-electron chi connectivity index (χ1n) is 7.57. The highest BCUT2D eigenvalue weighted by molar-refractivity contribution is 7.14. The zero-order chi connectivity index (χ0) is 19.0. The van der Waals surface area contributed by atoms with Crippen molar-refractivity contribution in [2.45, 2.75) is 46.6 Å². The Morgan fingerprint density at radius 2 is 1.96 bits per heavy atom. The van der Waals surface area contributed by atoms with Crippen molar-refractivity contribution in [3.63, 3.8) is 0 Å². The second-order valence-corrected chi connectivity index (χ2v) is 6.50. The molecule has 1 heterocycles. The molecule has 9 nitrogen and oxygen atoms in total. The molecule has 138 valence electrons. The highest BCUT2D eigenvalue weighted by Crippen LogP contribution is 2.18. The van der Waals surface area contributed by atoms with E-state index < -0.39 is 23.6 Å². The van der Waals surface area contributed by atoms with Gasteiger partial charge in [-0.05, 0) is 27.7 Å². The maximum atomic E-state index is 12.0. The van der Waals surface area contributed by atoms with Crippen molar-refractivity contribution in [2.24, 2.45) is 5.16 Å². The van der Waals surface area contributed by atoms with Crippen LogP contribution in [0.25, 0.3) is 0 Å². The van der Waals surface area contributed by atoms with Gasteiger partial charge < -0.3 is 14.3 Å². The molecule has 0 aliphatic heterocycles. The van der Waals surface area contributed by atoms with Crippen LogP contribution in [-0.2, 0) is 23.9 Å². The van der Waals surface area contributed by atoms with Crippen molar-refractivity contribution < 1.29 is 28.7 Å². The van der Waals surface area contributed by atoms with Crippen molar-refractivity contribution in [1.82, 2.24) is 4.98 Å². The largest absolute Gasteiger partial charge is 0.461 e. The molecule has 0 saturated carbocycles. The summed E-state index contributed by atoms with van der Waals surface area (Å²) in [6.07, 6.45) is -0.581. The minimum absolute atomic E-state index is 0.0993. The summed E-state index contributed by atoms with van der Waals surface area (Å²) in [5.41, 5.74) is -0.814. The van der Waals surface area contributed by atoms with Gasteiger partial charge in [0.25, 0.3) is 0 Å². The third kappa shape index (κ3) is 7.29. The number of amides is 1. The van der Waals surface area contributed by atoms with Crippen LogP contribution in [0.4, 0.5) is 9.93 Å². The van der Waals surface area contributed by atoms with E-state index in [1.807, 2.05) is 0 Å². The summed E-state index contributed by atoms with van der Waals surface area (Å²) in [4.78, 5) is 43.7. The van der Waals surface area contributed by atoms with Crippen molar-refractivity contribution in [3.05, 3.63) is 11.1 Å². The van der Waals surface area contributed by atoms with Crippen LogP contribution in [0.15, 0.2) is 10.5 Å². The first-order valence-corrected chi connectivity index (χ1v) is 8.45. The number of nitrogens with zero attached hydrogens (tertiary/aromatic N) is 2. The van der Waals surface area contributed by atoms with Crippen LogP contribution in [0.5, 0.6) is 0 Å². The summed E-state index contributed by atoms with van der Waals surface area (Å²) in [5.74, 6) is -1.40. The maximum absolute atomic E-state index is 12.0. The van der Waals surface area contributed by atoms with Crippen LogP contribution in [0, 0.1) is 0 Å². The fourth-order valence-electron chi connectivity index (χ4n) is 1.38. The van der Waals surface area contributed by atoms with Gasteiger partial charge in [0.15, 0.2) is 5.13 Å². The van der Waals surface area contributed by atoms with Crippen molar-refractivity contribution >= 4 is 40.2 Å². The van der Waals surface area contributed by atoms with Crippen LogP contribution >= 0.6 is 11.3 Å². The van der Waals surface area contributed by atoms with Gasteiger partial charge in [0.1, 0.15) is 11.3 Å². The SMILES string of the molecule is CCOC(=O)C(=NOC(=O)CC)c1csc(NC(=O)OC(C)(C)C)n1. The van der Waals surface area contributed by atoms with E-state index in [4.69, 9.17) is 9.47 Å². The molecule has 0 aliphatic rings. The van der Waals surface area contributed by atoms with Gasteiger partial charge in [-0.2, -0.15) is 0 Å². The van der Waals surface area contributed by atoms with E-state index in [2.05, 4.69) is 20.3 Å². The lowest BCUT2D eigenvalue weighted by molar-refractivity contribution is -0.143. The van der Waals surface area contributed by atoms with Crippen LogP contribution in [0.3, 0.4) is 0 Å². The number of oxime groups is 1. The van der Waals surface area contributed by atoms with Gasteiger partial charge in [0.05, 0.1) is 6.61 Å². The number of carbonyl (C=O) groups is 3. The lowest BCUT2D eigenvalue weighted by Crippen LogP contribution is -2.27. The number of carbonyl (C=O) groups excluding carboxylic acids is 3. The summed E-state index contributed by atoms with van der Waals surface area (Å²) in [6, 6.07) is 0. The first-order chi connectivity index (χ1) is 11.7. The fourth-order valence-corrected chi connectivity index (χ4v) is 2.06. The Morgan fingerprint density at radius 1 is 1.28 bits per heavy atom. The second-order valence-electron chi connectivity index (χ2n) is 5.64. The molecule has 0 aromatic carbocycles. The average Bonchev–Trinajstić information content (AvgIpc) is 2.93. The van der Waals surface area contributed by atoms with Crippen molar-refractivity contribution in [2.75, 3.05) is 11.9 Å². The summed E-state index contributed by atoms with van der Waals surface area (Å²) in [5, 5.41) is 7.65. The number of nitrogens with one attached hydrogen (secondary N) is 1. The second kappa shape index (κ2) is 9.11. The summed E-state index contributed by atoms with van der Waals surface area (Å²) in [7, 11) is 0. The van der Waals surface area contributed by atoms with Gasteiger partial charge in [-0.15, -0.1) is 11.3 Å². The minimum atomic E-state index is -0.791. The van der Waals surface area contributed by atoms with Crippen molar-refractivity contribution in [3.8, 4) is 0 Å². The third-order valence-corrected chi connectivity index (χ3v) is 3.11. The zero-order valence-corrected chi connectivity index (χ0v) is 15.6. The lowest BCUT2D eigenvalue weighted by Gasteiger charge is -2.18. The topological polar surface area (TPSA) is 116 Å². The molecule has 0 fully saturated rings. The minimum Gasteiger partial charge on any atom is -0.461 e. The van der Waals surface area contributed by atoms with E-state index >= 15 is 0 Å². The summed E-state index contributed by atoms with van der Waals surface area (Å²) >= 11 is 1.06. The van der Waals surface area contributed by atoms with Gasteiger partial charge in [-0.25, -0.2) is 19.4 Å². The van der Waals surface area contributed by atoms with Gasteiger partial charge in [0, 0.05) is 11.8 Å². The molecule has 0 aliphatic carbocycles. The molecule has 1 rings (SSSR count). The van der Waals surface area contributed by atoms with Crippen LogP contribution in [0.2, 0.25) is 0 Å². The van der Waals surface area contributed by atoms with E-state index in [0.29, 0.717) is 0 Å². The highest BCUT2D eigenvalue weighted by Gasteiger charge is 2.22. The number of anilines is 1. The smallest absolute Gasteiger partial charge is 0.413 e. The average molecular weight is 371 g/mol. The molecule has 10 heteroatoms. The Labute approximate surface area is 149 Å². The van der Waals surface area contributed by atoms with E-state index in [1.165, 1.54) is 5.38 Å².